The Hall–Kier alpha value is -1.06. The molecule has 0 amide bonds. The Kier molecular flexibility index (Phi) is 2.21. The first-order valence-corrected chi connectivity index (χ1v) is 4.66. The van der Waals surface area contributed by atoms with E-state index in [4.69, 9.17) is 17.3 Å². The number of rotatable bonds is 1. The van der Waals surface area contributed by atoms with Crippen molar-refractivity contribution in [3.8, 4) is 0 Å². The molecule has 0 aliphatic heterocycles. The fourth-order valence-electron chi connectivity index (χ4n) is 1.69. The third-order valence-electron chi connectivity index (χ3n) is 2.40. The fourth-order valence-corrected chi connectivity index (χ4v) is 1.95. The molecule has 0 unspecified atom stereocenters. The topological polar surface area (TPSA) is 30.9 Å². The van der Waals surface area contributed by atoms with Gasteiger partial charge in [0.15, 0.2) is 0 Å². The zero-order valence-electron chi connectivity index (χ0n) is 7.72. The van der Waals surface area contributed by atoms with Crippen LogP contribution in [-0.4, -0.2) is 4.57 Å². The van der Waals surface area contributed by atoms with Crippen molar-refractivity contribution in [2.24, 2.45) is 12.8 Å². The van der Waals surface area contributed by atoms with E-state index in [9.17, 15) is 4.39 Å². The Balaban J connectivity index is 2.96. The Labute approximate surface area is 86.1 Å². The number of hydrogen-bond donors (Lipinski definition) is 1. The molecule has 1 aromatic heterocycles. The van der Waals surface area contributed by atoms with Crippen molar-refractivity contribution in [2.75, 3.05) is 0 Å². The second-order valence-electron chi connectivity index (χ2n) is 3.17. The smallest absolute Gasteiger partial charge is 0.132 e. The van der Waals surface area contributed by atoms with E-state index in [1.807, 2.05) is 6.07 Å². The third-order valence-corrected chi connectivity index (χ3v) is 2.88. The van der Waals surface area contributed by atoms with Crippen molar-refractivity contribution in [3.05, 3.63) is 34.7 Å². The molecule has 0 saturated carbocycles. The minimum atomic E-state index is -0.273. The first kappa shape index (κ1) is 9.49. The van der Waals surface area contributed by atoms with Crippen LogP contribution in [0.15, 0.2) is 18.2 Å². The van der Waals surface area contributed by atoms with Gasteiger partial charge >= 0.3 is 0 Å². The molecule has 2 aromatic rings. The van der Waals surface area contributed by atoms with E-state index in [-0.39, 0.29) is 12.4 Å². The zero-order chi connectivity index (χ0) is 10.3. The second-order valence-corrected chi connectivity index (χ2v) is 3.52. The van der Waals surface area contributed by atoms with Crippen LogP contribution in [0.4, 0.5) is 4.39 Å². The molecule has 2 nitrogen and oxygen atoms in total. The van der Waals surface area contributed by atoms with Crippen LogP contribution in [0.3, 0.4) is 0 Å². The van der Waals surface area contributed by atoms with E-state index in [1.54, 1.807) is 17.7 Å². The van der Waals surface area contributed by atoms with Crippen LogP contribution in [-0.2, 0) is 13.6 Å². The number of aryl methyl sites for hydroxylation is 1. The summed E-state index contributed by atoms with van der Waals surface area (Å²) in [6.45, 7) is 0.247. The number of halogens is 2. The van der Waals surface area contributed by atoms with Crippen LogP contribution < -0.4 is 5.73 Å². The summed E-state index contributed by atoms with van der Waals surface area (Å²) in [4.78, 5) is 0. The largest absolute Gasteiger partial charge is 0.334 e. The monoisotopic (exact) mass is 212 g/mol. The number of hydrogen-bond acceptors (Lipinski definition) is 1. The molecule has 0 fully saturated rings. The second kappa shape index (κ2) is 3.26. The maximum atomic E-state index is 13.5. The molecule has 0 saturated heterocycles. The highest BCUT2D eigenvalue weighted by Crippen LogP contribution is 2.30. The maximum Gasteiger partial charge on any atom is 0.132 e. The van der Waals surface area contributed by atoms with Crippen LogP contribution in [0, 0.1) is 5.82 Å². The van der Waals surface area contributed by atoms with Gasteiger partial charge in [-0.25, -0.2) is 4.39 Å². The Morgan fingerprint density at radius 2 is 2.21 bits per heavy atom. The molecule has 1 aromatic carbocycles. The highest BCUT2D eigenvalue weighted by molar-refractivity contribution is 6.32. The van der Waals surface area contributed by atoms with E-state index >= 15 is 0 Å². The third kappa shape index (κ3) is 1.13. The van der Waals surface area contributed by atoms with Gasteiger partial charge in [-0.2, -0.15) is 0 Å². The van der Waals surface area contributed by atoms with Gasteiger partial charge in [-0.15, -0.1) is 0 Å². The van der Waals surface area contributed by atoms with Crippen LogP contribution >= 0.6 is 11.6 Å². The molecule has 0 atom stereocenters. The average Bonchev–Trinajstić information content (AvgIpc) is 2.43. The summed E-state index contributed by atoms with van der Waals surface area (Å²) in [7, 11) is 1.79. The standard InChI is InChI=1S/C10H10ClFN2/c1-14-8-4-2-3-7(12)9(8)6(5-13)10(14)11/h2-4H,5,13H2,1H3. The quantitative estimate of drug-likeness (QED) is 0.774. The molecule has 0 radical (unpaired) electrons. The molecule has 4 heteroatoms. The van der Waals surface area contributed by atoms with Gasteiger partial charge in [0.1, 0.15) is 11.0 Å². The van der Waals surface area contributed by atoms with Crippen molar-refractivity contribution in [3.63, 3.8) is 0 Å². The molecular formula is C10H10ClFN2. The molecule has 0 bridgehead atoms. The molecule has 2 N–H and O–H groups in total. The Morgan fingerprint density at radius 3 is 2.86 bits per heavy atom. The Bertz CT molecular complexity index is 490. The number of aromatic nitrogens is 1. The summed E-state index contributed by atoms with van der Waals surface area (Å²) >= 11 is 6.03. The number of nitrogens with two attached hydrogens (primary N) is 1. The lowest BCUT2D eigenvalue weighted by Crippen LogP contribution is -1.97. The molecule has 74 valence electrons. The molecule has 1 heterocycles. The lowest BCUT2D eigenvalue weighted by atomic mass is 10.1. The average molecular weight is 213 g/mol. The summed E-state index contributed by atoms with van der Waals surface area (Å²) < 4.78 is 15.2. The lowest BCUT2D eigenvalue weighted by Gasteiger charge is -1.96. The summed E-state index contributed by atoms with van der Waals surface area (Å²) in [5.74, 6) is -0.273. The van der Waals surface area contributed by atoms with Crippen LogP contribution in [0.25, 0.3) is 10.9 Å². The minimum absolute atomic E-state index is 0.247. The lowest BCUT2D eigenvalue weighted by molar-refractivity contribution is 0.639. The zero-order valence-corrected chi connectivity index (χ0v) is 8.48. The van der Waals surface area contributed by atoms with Gasteiger partial charge in [-0.1, -0.05) is 17.7 Å². The number of nitrogens with zero attached hydrogens (tertiary/aromatic N) is 1. The number of benzene rings is 1. The van der Waals surface area contributed by atoms with Crippen LogP contribution in [0.1, 0.15) is 5.56 Å². The molecule has 0 aliphatic carbocycles. The van der Waals surface area contributed by atoms with Gasteiger partial charge in [0.05, 0.1) is 5.52 Å². The first-order chi connectivity index (χ1) is 6.66. The van der Waals surface area contributed by atoms with E-state index < -0.39 is 0 Å². The highest BCUT2D eigenvalue weighted by atomic mass is 35.5. The number of fused-ring (bicyclic) bond motifs is 1. The minimum Gasteiger partial charge on any atom is -0.334 e. The van der Waals surface area contributed by atoms with Gasteiger partial charge in [-0.05, 0) is 12.1 Å². The van der Waals surface area contributed by atoms with Crippen molar-refractivity contribution in [2.45, 2.75) is 6.54 Å². The van der Waals surface area contributed by atoms with Crippen LogP contribution in [0.2, 0.25) is 5.15 Å². The predicted octanol–water partition coefficient (Wildman–Crippen LogP) is 2.43. The molecular weight excluding hydrogens is 203 g/mol. The van der Waals surface area contributed by atoms with Crippen molar-refractivity contribution in [1.29, 1.82) is 0 Å². The highest BCUT2D eigenvalue weighted by Gasteiger charge is 2.14. The summed E-state index contributed by atoms with van der Waals surface area (Å²) in [5.41, 5.74) is 6.98. The van der Waals surface area contributed by atoms with Gasteiger partial charge < -0.3 is 10.3 Å². The van der Waals surface area contributed by atoms with Gasteiger partial charge in [0.25, 0.3) is 0 Å². The van der Waals surface area contributed by atoms with E-state index in [0.29, 0.717) is 16.1 Å². The summed E-state index contributed by atoms with van der Waals surface area (Å²) in [6, 6.07) is 4.90. The fraction of sp³-hybridized carbons (Fsp3) is 0.200. The molecule has 0 spiro atoms. The van der Waals surface area contributed by atoms with Crippen molar-refractivity contribution >= 4 is 22.5 Å². The predicted molar refractivity (Wildman–Crippen MR) is 55.8 cm³/mol. The normalized spacial score (nSPS) is 11.1. The maximum absolute atomic E-state index is 13.5. The SMILES string of the molecule is Cn1c(Cl)c(CN)c2c(F)cccc21. The van der Waals surface area contributed by atoms with Gasteiger partial charge in [0.2, 0.25) is 0 Å². The van der Waals surface area contributed by atoms with Crippen molar-refractivity contribution in [1.82, 2.24) is 4.57 Å². The summed E-state index contributed by atoms with van der Waals surface area (Å²) in [6.07, 6.45) is 0. The first-order valence-electron chi connectivity index (χ1n) is 4.28. The van der Waals surface area contributed by atoms with Gasteiger partial charge in [0, 0.05) is 24.5 Å². The molecule has 0 aliphatic rings. The van der Waals surface area contributed by atoms with Crippen molar-refractivity contribution < 1.29 is 4.39 Å². The van der Waals surface area contributed by atoms with E-state index in [1.165, 1.54) is 6.07 Å². The van der Waals surface area contributed by atoms with Gasteiger partial charge in [-0.3, -0.25) is 0 Å². The molecule has 2 rings (SSSR count). The summed E-state index contributed by atoms with van der Waals surface area (Å²) in [5, 5.41) is 1.04. The Morgan fingerprint density at radius 1 is 1.50 bits per heavy atom. The van der Waals surface area contributed by atoms with E-state index in [0.717, 1.165) is 5.52 Å². The van der Waals surface area contributed by atoms with Crippen LogP contribution in [0.5, 0.6) is 0 Å². The molecule has 14 heavy (non-hydrogen) atoms. The van der Waals surface area contributed by atoms with E-state index in [2.05, 4.69) is 0 Å².